The van der Waals surface area contributed by atoms with Gasteiger partial charge in [0, 0.05) is 12.8 Å². The molecule has 2 atom stereocenters. The van der Waals surface area contributed by atoms with Gasteiger partial charge in [-0.1, -0.05) is 383 Å². The number of aliphatic hydroxyl groups is 2. The Morgan fingerprint density at radius 2 is 0.568 bits per heavy atom. The smallest absolute Gasteiger partial charge is 0.305 e. The molecule has 0 rings (SSSR count). The Morgan fingerprint density at radius 3 is 0.875 bits per heavy atom. The third-order valence-corrected chi connectivity index (χ3v) is 18.6. The summed E-state index contributed by atoms with van der Waals surface area (Å²) >= 11 is 0. The summed E-state index contributed by atoms with van der Waals surface area (Å²) in [4.78, 5) is 24.7. The van der Waals surface area contributed by atoms with E-state index in [2.05, 4.69) is 67.8 Å². The molecule has 0 saturated heterocycles. The molecule has 88 heavy (non-hydrogen) atoms. The summed E-state index contributed by atoms with van der Waals surface area (Å²) < 4.78 is 5.50. The van der Waals surface area contributed by atoms with Gasteiger partial charge in [0.2, 0.25) is 5.91 Å². The van der Waals surface area contributed by atoms with Crippen LogP contribution in [0.3, 0.4) is 0 Å². The van der Waals surface area contributed by atoms with Crippen molar-refractivity contribution in [2.75, 3.05) is 13.2 Å². The maximum absolute atomic E-state index is 12.6. The molecule has 1 amide bonds. The van der Waals surface area contributed by atoms with Crippen molar-refractivity contribution in [2.24, 2.45) is 0 Å². The summed E-state index contributed by atoms with van der Waals surface area (Å²) in [5.41, 5.74) is 0. The Kier molecular flexibility index (Phi) is 75.4. The molecule has 0 spiro atoms. The van der Waals surface area contributed by atoms with Crippen LogP contribution in [0.25, 0.3) is 0 Å². The van der Waals surface area contributed by atoms with Crippen molar-refractivity contribution < 1.29 is 24.5 Å². The molecule has 0 aliphatic carbocycles. The SMILES string of the molecule is CCCCCC/C=C\C/C=C\CCCCCCCCCC(=O)OCCCCCCCCCCC/C=C\C/C=C\CCCCCCCCCCCCCCCCCCCC(=O)NC(CO)C(O)CCCCCCCCCCCCCCCCCCCCCC. The van der Waals surface area contributed by atoms with Crippen LogP contribution >= 0.6 is 0 Å². The first-order valence-corrected chi connectivity index (χ1v) is 39.9. The molecule has 0 aliphatic heterocycles. The first-order chi connectivity index (χ1) is 43.5. The fourth-order valence-electron chi connectivity index (χ4n) is 12.5. The first kappa shape index (κ1) is 85.8. The average molecular weight is 1240 g/mol. The zero-order chi connectivity index (χ0) is 63.5. The average Bonchev–Trinajstić information content (AvgIpc) is 3.58. The zero-order valence-corrected chi connectivity index (χ0v) is 59.5. The molecule has 0 heterocycles. The number of carbonyl (C=O) groups is 2. The van der Waals surface area contributed by atoms with Crippen LogP contribution in [0, 0.1) is 0 Å². The molecule has 6 heteroatoms. The highest BCUT2D eigenvalue weighted by Gasteiger charge is 2.20. The number of rotatable bonds is 75. The molecule has 0 aromatic rings. The van der Waals surface area contributed by atoms with E-state index in [1.807, 2.05) is 0 Å². The Labute approximate surface area is 550 Å². The molecule has 0 aromatic carbocycles. The number of nitrogens with one attached hydrogen (secondary N) is 1. The van der Waals surface area contributed by atoms with Crippen LogP contribution in [0.1, 0.15) is 438 Å². The van der Waals surface area contributed by atoms with Crippen LogP contribution in [0.2, 0.25) is 0 Å². The number of hydrogen-bond donors (Lipinski definition) is 3. The van der Waals surface area contributed by atoms with Gasteiger partial charge in [-0.05, 0) is 89.9 Å². The molecular weight excluding hydrogens is 1080 g/mol. The van der Waals surface area contributed by atoms with E-state index >= 15 is 0 Å². The van der Waals surface area contributed by atoms with Crippen molar-refractivity contribution in [3.05, 3.63) is 48.6 Å². The van der Waals surface area contributed by atoms with E-state index in [0.29, 0.717) is 25.9 Å². The molecule has 0 saturated carbocycles. The minimum absolute atomic E-state index is 0.00736. The molecule has 0 aliphatic rings. The van der Waals surface area contributed by atoms with Crippen molar-refractivity contribution >= 4 is 11.9 Å². The quantitative estimate of drug-likeness (QED) is 0.0320. The molecule has 518 valence electrons. The number of esters is 1. The highest BCUT2D eigenvalue weighted by Crippen LogP contribution is 2.19. The summed E-state index contributed by atoms with van der Waals surface area (Å²) in [6, 6.07) is -0.542. The molecule has 0 radical (unpaired) electrons. The second-order valence-corrected chi connectivity index (χ2v) is 27.4. The van der Waals surface area contributed by atoms with Crippen LogP contribution in [-0.2, 0) is 14.3 Å². The maximum Gasteiger partial charge on any atom is 0.305 e. The van der Waals surface area contributed by atoms with Crippen molar-refractivity contribution in [1.29, 1.82) is 0 Å². The van der Waals surface area contributed by atoms with Gasteiger partial charge in [-0.3, -0.25) is 9.59 Å². The second-order valence-electron chi connectivity index (χ2n) is 27.4. The van der Waals surface area contributed by atoms with Crippen molar-refractivity contribution in [2.45, 2.75) is 450 Å². The lowest BCUT2D eigenvalue weighted by atomic mass is 10.0. The highest BCUT2D eigenvalue weighted by molar-refractivity contribution is 5.76. The summed E-state index contributed by atoms with van der Waals surface area (Å²) in [5.74, 6) is -0.0214. The van der Waals surface area contributed by atoms with Gasteiger partial charge in [0.25, 0.3) is 0 Å². The zero-order valence-electron chi connectivity index (χ0n) is 59.5. The minimum Gasteiger partial charge on any atom is -0.466 e. The van der Waals surface area contributed by atoms with Crippen LogP contribution in [0.4, 0.5) is 0 Å². The monoisotopic (exact) mass is 1230 g/mol. The third kappa shape index (κ3) is 72.9. The van der Waals surface area contributed by atoms with Crippen LogP contribution in [0.5, 0.6) is 0 Å². The lowest BCUT2D eigenvalue weighted by Gasteiger charge is -2.22. The first-order valence-electron chi connectivity index (χ1n) is 39.9. The van der Waals surface area contributed by atoms with Crippen molar-refractivity contribution in [3.8, 4) is 0 Å². The van der Waals surface area contributed by atoms with Crippen LogP contribution in [-0.4, -0.2) is 47.4 Å². The molecule has 0 aromatic heterocycles. The Hall–Kier alpha value is -2.18. The second kappa shape index (κ2) is 77.3. The van der Waals surface area contributed by atoms with Gasteiger partial charge in [-0.25, -0.2) is 0 Å². The molecule has 0 bridgehead atoms. The van der Waals surface area contributed by atoms with Gasteiger partial charge >= 0.3 is 5.97 Å². The number of carbonyl (C=O) groups excluding carboxylic acids is 2. The summed E-state index contributed by atoms with van der Waals surface area (Å²) in [5, 5.41) is 23.4. The Morgan fingerprint density at radius 1 is 0.318 bits per heavy atom. The normalized spacial score (nSPS) is 12.7. The number of allylic oxidation sites excluding steroid dienone is 8. The van der Waals surface area contributed by atoms with Gasteiger partial charge in [0.05, 0.1) is 25.4 Å². The predicted octanol–water partition coefficient (Wildman–Crippen LogP) is 26.4. The van der Waals surface area contributed by atoms with E-state index in [-0.39, 0.29) is 18.5 Å². The van der Waals surface area contributed by atoms with E-state index in [4.69, 9.17) is 4.74 Å². The molecule has 2 unspecified atom stereocenters. The summed E-state index contributed by atoms with van der Waals surface area (Å²) in [6.07, 6.45) is 102. The number of amides is 1. The van der Waals surface area contributed by atoms with Crippen LogP contribution < -0.4 is 5.32 Å². The molecular formula is C82H155NO5. The van der Waals surface area contributed by atoms with Crippen molar-refractivity contribution in [1.82, 2.24) is 5.32 Å². The summed E-state index contributed by atoms with van der Waals surface area (Å²) in [6.45, 7) is 4.97. The van der Waals surface area contributed by atoms with E-state index in [1.54, 1.807) is 0 Å². The number of aliphatic hydroxyl groups excluding tert-OH is 2. The predicted molar refractivity (Wildman–Crippen MR) is 389 cm³/mol. The standard InChI is InChI=1S/C82H155NO5/c1-3-5-7-9-11-13-15-17-19-21-23-39-42-46-50-54-58-62-66-70-74-80(85)79(78-84)83-81(86)75-71-67-63-59-55-51-47-43-40-37-35-33-31-29-27-25-24-26-28-30-32-34-36-38-41-45-49-53-57-61-65-69-73-77-88-82(87)76-72-68-64-60-56-52-48-44-22-20-18-16-14-12-10-8-6-4-2/h14,16,20,22,28,30,34,36,79-80,84-85H,3-13,15,17-19,21,23-27,29,31-33,35,37-78H2,1-2H3,(H,83,86)/b16-14-,22-20-,30-28-,36-34-. The van der Waals surface area contributed by atoms with E-state index in [0.717, 1.165) is 57.8 Å². The third-order valence-electron chi connectivity index (χ3n) is 18.6. The van der Waals surface area contributed by atoms with Gasteiger partial charge in [0.1, 0.15) is 0 Å². The number of hydrogen-bond acceptors (Lipinski definition) is 5. The fourth-order valence-corrected chi connectivity index (χ4v) is 12.5. The fraction of sp³-hybridized carbons (Fsp3) is 0.878. The van der Waals surface area contributed by atoms with Crippen molar-refractivity contribution in [3.63, 3.8) is 0 Å². The van der Waals surface area contributed by atoms with Gasteiger partial charge in [-0.15, -0.1) is 0 Å². The van der Waals surface area contributed by atoms with Gasteiger partial charge in [-0.2, -0.15) is 0 Å². The van der Waals surface area contributed by atoms with Gasteiger partial charge in [0.15, 0.2) is 0 Å². The minimum atomic E-state index is -0.665. The number of ether oxygens (including phenoxy) is 1. The highest BCUT2D eigenvalue weighted by atomic mass is 16.5. The number of unbranched alkanes of at least 4 members (excludes halogenated alkanes) is 56. The van der Waals surface area contributed by atoms with E-state index < -0.39 is 12.1 Å². The van der Waals surface area contributed by atoms with E-state index in [9.17, 15) is 19.8 Å². The van der Waals surface area contributed by atoms with E-state index in [1.165, 1.54) is 347 Å². The molecule has 6 nitrogen and oxygen atoms in total. The summed E-state index contributed by atoms with van der Waals surface area (Å²) in [7, 11) is 0. The topological polar surface area (TPSA) is 95.9 Å². The Balaban J connectivity index is 3.38. The lowest BCUT2D eigenvalue weighted by molar-refractivity contribution is -0.143. The lowest BCUT2D eigenvalue weighted by Crippen LogP contribution is -2.45. The maximum atomic E-state index is 12.6. The molecule has 0 fully saturated rings. The molecule has 3 N–H and O–H groups in total. The largest absolute Gasteiger partial charge is 0.466 e. The van der Waals surface area contributed by atoms with Gasteiger partial charge < -0.3 is 20.3 Å². The van der Waals surface area contributed by atoms with Crippen LogP contribution in [0.15, 0.2) is 48.6 Å². The Bertz CT molecular complexity index is 1470.